The van der Waals surface area contributed by atoms with Crippen molar-refractivity contribution in [2.24, 2.45) is 5.41 Å². The molecule has 0 aliphatic carbocycles. The molecule has 0 fully saturated rings. The summed E-state index contributed by atoms with van der Waals surface area (Å²) in [5, 5.41) is 0. The second-order valence-corrected chi connectivity index (χ2v) is 19.4. The maximum atomic E-state index is 13.6. The Morgan fingerprint density at radius 1 is 0.698 bits per heavy atom. The number of hydrogen-bond donors (Lipinski definition) is 1. The second kappa shape index (κ2) is 16.5. The molecule has 18 heteroatoms. The third-order valence-electron chi connectivity index (χ3n) is 5.40. The van der Waals surface area contributed by atoms with Crippen molar-refractivity contribution in [1.82, 2.24) is 0 Å². The van der Waals surface area contributed by atoms with Gasteiger partial charge in [-0.1, -0.05) is 0 Å². The first-order valence-electron chi connectivity index (χ1n) is 11.2. The summed E-state index contributed by atoms with van der Waals surface area (Å²) in [6.07, 6.45) is 0. The predicted octanol–water partition coefficient (Wildman–Crippen LogP) is 8.40. The Morgan fingerprint density at radius 3 is 1.47 bits per heavy atom. The number of rotatable bonds is 9. The van der Waals surface area contributed by atoms with Gasteiger partial charge in [0.05, 0.1) is 11.1 Å². The van der Waals surface area contributed by atoms with Crippen LogP contribution >= 0.6 is 181 Å². The SMILES string of the molecule is CC(COC(=O)c1cc(I)cc(I)c1I)(COC(=O)c1cc(I)cc(I)c1I)C(=O)Oc1cc(I)c(S(=O)(=O)O)c(I)c1. The van der Waals surface area contributed by atoms with Gasteiger partial charge in [-0.2, -0.15) is 8.42 Å². The molecule has 0 aromatic heterocycles. The monoisotopic (exact) mass is 1510 g/mol. The van der Waals surface area contributed by atoms with Crippen LogP contribution in [0.5, 0.6) is 5.75 Å². The van der Waals surface area contributed by atoms with Gasteiger partial charge in [-0.15, -0.1) is 0 Å². The van der Waals surface area contributed by atoms with Crippen LogP contribution in [0, 0.1) is 34.0 Å². The second-order valence-electron chi connectivity index (χ2n) is 8.79. The fourth-order valence-electron chi connectivity index (χ4n) is 3.25. The van der Waals surface area contributed by atoms with Gasteiger partial charge in [0.1, 0.15) is 29.3 Å². The van der Waals surface area contributed by atoms with Gasteiger partial charge in [0.15, 0.2) is 0 Å². The molecular weight excluding hydrogens is 1490 g/mol. The van der Waals surface area contributed by atoms with E-state index in [-0.39, 0.29) is 17.8 Å². The van der Waals surface area contributed by atoms with Crippen molar-refractivity contribution in [3.05, 3.63) is 76.1 Å². The largest absolute Gasteiger partial charge is 0.461 e. The van der Waals surface area contributed by atoms with Crippen LogP contribution < -0.4 is 4.74 Å². The van der Waals surface area contributed by atoms with E-state index in [4.69, 9.17) is 14.2 Å². The highest BCUT2D eigenvalue weighted by Crippen LogP contribution is 2.32. The molecule has 0 atom stereocenters. The van der Waals surface area contributed by atoms with E-state index in [0.29, 0.717) is 18.3 Å². The minimum atomic E-state index is -4.52. The highest BCUT2D eigenvalue weighted by Gasteiger charge is 2.40. The Labute approximate surface area is 356 Å². The van der Waals surface area contributed by atoms with Crippen molar-refractivity contribution in [1.29, 1.82) is 0 Å². The third kappa shape index (κ3) is 10.4. The van der Waals surface area contributed by atoms with Crippen molar-refractivity contribution in [2.45, 2.75) is 11.8 Å². The summed E-state index contributed by atoms with van der Waals surface area (Å²) in [5.41, 5.74) is -1.03. The minimum absolute atomic E-state index is 0.0153. The Balaban J connectivity index is 1.93. The maximum Gasteiger partial charge on any atom is 0.339 e. The Hall–Kier alpha value is 1.82. The molecule has 3 aromatic carbocycles. The molecule has 0 heterocycles. The molecule has 0 saturated heterocycles. The van der Waals surface area contributed by atoms with Crippen molar-refractivity contribution >= 4 is 209 Å². The lowest BCUT2D eigenvalue weighted by atomic mass is 9.93. The molecule has 1 N–H and O–H groups in total. The van der Waals surface area contributed by atoms with Crippen molar-refractivity contribution in [3.8, 4) is 5.75 Å². The molecule has 0 aliphatic rings. The maximum absolute atomic E-state index is 13.6. The van der Waals surface area contributed by atoms with Crippen LogP contribution in [0.4, 0.5) is 0 Å². The van der Waals surface area contributed by atoms with Gasteiger partial charge in [0.25, 0.3) is 10.1 Å². The third-order valence-corrected chi connectivity index (χ3v) is 16.1. The normalized spacial score (nSPS) is 11.7. The number of halogens is 8. The standard InChI is InChI=1S/C25H14I8O9S/c1-25(8-40-22(34)13-2-10(26)4-15(28)19(13)32,9-41-23(35)14-3-11(27)5-16(29)20(14)33)24(36)42-12-6-17(30)21(18(31)7-12)43(37,38)39/h2-7H,8-9H2,1H3,(H,37,38,39). The van der Waals surface area contributed by atoms with Crippen LogP contribution in [0.25, 0.3) is 0 Å². The fraction of sp³-hybridized carbons (Fsp3) is 0.160. The van der Waals surface area contributed by atoms with E-state index in [1.54, 1.807) is 57.3 Å². The first kappa shape index (κ1) is 39.3. The van der Waals surface area contributed by atoms with Crippen molar-refractivity contribution in [2.75, 3.05) is 13.2 Å². The summed E-state index contributed by atoms with van der Waals surface area (Å²) in [6.45, 7) is 0.452. The molecule has 0 spiro atoms. The molecule has 0 bridgehead atoms. The molecule has 0 aliphatic heterocycles. The topological polar surface area (TPSA) is 133 Å². The number of benzene rings is 3. The summed E-state index contributed by atoms with van der Waals surface area (Å²) in [4.78, 5) is 39.5. The van der Waals surface area contributed by atoms with Gasteiger partial charge in [-0.3, -0.25) is 9.35 Å². The van der Waals surface area contributed by atoms with E-state index in [2.05, 4.69) is 90.4 Å². The molecule has 230 valence electrons. The van der Waals surface area contributed by atoms with Gasteiger partial charge in [-0.05, 0) is 224 Å². The molecule has 0 radical (unpaired) electrons. The van der Waals surface area contributed by atoms with E-state index in [1.807, 2.05) is 57.3 Å². The average molecular weight is 1510 g/mol. The van der Waals surface area contributed by atoms with Crippen LogP contribution in [0.1, 0.15) is 27.6 Å². The van der Waals surface area contributed by atoms with Gasteiger partial charge in [-0.25, -0.2) is 9.59 Å². The van der Waals surface area contributed by atoms with Gasteiger partial charge in [0.2, 0.25) is 0 Å². The van der Waals surface area contributed by atoms with E-state index in [9.17, 15) is 27.4 Å². The summed E-state index contributed by atoms with van der Waals surface area (Å²) >= 11 is 15.9. The van der Waals surface area contributed by atoms with E-state index < -0.39 is 46.7 Å². The van der Waals surface area contributed by atoms with Crippen LogP contribution in [0.2, 0.25) is 0 Å². The number of carbonyl (C=O) groups excluding carboxylic acids is 3. The molecule has 0 saturated carbocycles. The zero-order chi connectivity index (χ0) is 32.4. The fourth-order valence-corrected chi connectivity index (χ4v) is 12.0. The first-order valence-corrected chi connectivity index (χ1v) is 21.2. The molecule has 3 aromatic rings. The zero-order valence-electron chi connectivity index (χ0n) is 21.0. The predicted molar refractivity (Wildman–Crippen MR) is 225 cm³/mol. The Bertz CT molecular complexity index is 1650. The molecular formula is C25H14I8O9S. The lowest BCUT2D eigenvalue weighted by Crippen LogP contribution is -2.42. The van der Waals surface area contributed by atoms with E-state index in [0.717, 1.165) is 14.3 Å². The van der Waals surface area contributed by atoms with Crippen molar-refractivity contribution < 1.29 is 41.6 Å². The van der Waals surface area contributed by atoms with Crippen LogP contribution in [0.15, 0.2) is 41.3 Å². The highest BCUT2D eigenvalue weighted by atomic mass is 127. The molecule has 43 heavy (non-hydrogen) atoms. The van der Waals surface area contributed by atoms with Crippen LogP contribution in [-0.4, -0.2) is 44.1 Å². The van der Waals surface area contributed by atoms with E-state index >= 15 is 0 Å². The smallest absolute Gasteiger partial charge is 0.339 e. The summed E-state index contributed by atoms with van der Waals surface area (Å²) in [7, 11) is -4.52. The van der Waals surface area contributed by atoms with Gasteiger partial charge >= 0.3 is 17.9 Å². The van der Waals surface area contributed by atoms with Crippen LogP contribution in [-0.2, 0) is 24.4 Å². The summed E-state index contributed by atoms with van der Waals surface area (Å²) < 4.78 is 54.8. The number of esters is 3. The molecule has 3 rings (SSSR count). The zero-order valence-corrected chi connectivity index (χ0v) is 39.1. The number of carbonyl (C=O) groups is 3. The average Bonchev–Trinajstić information content (AvgIpc) is 2.88. The summed E-state index contributed by atoms with van der Waals surface area (Å²) in [6, 6.07) is 9.70. The van der Waals surface area contributed by atoms with Crippen LogP contribution in [0.3, 0.4) is 0 Å². The van der Waals surface area contributed by atoms with Crippen molar-refractivity contribution in [3.63, 3.8) is 0 Å². The van der Waals surface area contributed by atoms with Gasteiger partial charge in [0, 0.05) is 28.6 Å². The minimum Gasteiger partial charge on any atom is -0.461 e. The van der Waals surface area contributed by atoms with E-state index in [1.165, 1.54) is 19.1 Å². The number of ether oxygens (including phenoxy) is 3. The molecule has 0 amide bonds. The lowest BCUT2D eigenvalue weighted by Gasteiger charge is -2.27. The Morgan fingerprint density at radius 2 is 1.09 bits per heavy atom. The Kier molecular flexibility index (Phi) is 15.0. The summed E-state index contributed by atoms with van der Waals surface area (Å²) in [5.74, 6) is -2.25. The lowest BCUT2D eigenvalue weighted by molar-refractivity contribution is -0.150. The number of hydrogen-bond acceptors (Lipinski definition) is 8. The molecule has 9 nitrogen and oxygen atoms in total. The quantitative estimate of drug-likeness (QED) is 0.0738. The first-order chi connectivity index (χ1) is 19.8. The molecule has 0 unspecified atom stereocenters. The van der Waals surface area contributed by atoms with Gasteiger partial charge < -0.3 is 14.2 Å². The highest BCUT2D eigenvalue weighted by molar-refractivity contribution is 14.1.